The number of hydrogen-bond acceptors (Lipinski definition) is 4. The van der Waals surface area contributed by atoms with Crippen LogP contribution in [-0.4, -0.2) is 69.8 Å². The standard InChI is InChI=1S/C17H25ClN4O3/c1-25-13-8-19-16(23)6-7-20-17(24)22-11-9-21(10-12-22)15-5-3-2-4-14(15)18/h2-5H,6-13H2,1H3,(H,19,23)(H,20,24). The number of amides is 3. The highest BCUT2D eigenvalue weighted by molar-refractivity contribution is 6.33. The smallest absolute Gasteiger partial charge is 0.317 e. The molecule has 1 aromatic carbocycles. The van der Waals surface area contributed by atoms with Crippen LogP contribution in [0.5, 0.6) is 0 Å². The summed E-state index contributed by atoms with van der Waals surface area (Å²) in [5.41, 5.74) is 0.997. The van der Waals surface area contributed by atoms with Crippen molar-refractivity contribution in [1.82, 2.24) is 15.5 Å². The summed E-state index contributed by atoms with van der Waals surface area (Å²) in [6.45, 7) is 3.99. The molecule has 1 aromatic rings. The molecular weight excluding hydrogens is 344 g/mol. The van der Waals surface area contributed by atoms with Crippen LogP contribution < -0.4 is 15.5 Å². The lowest BCUT2D eigenvalue weighted by Gasteiger charge is -2.36. The first-order chi connectivity index (χ1) is 12.1. The SMILES string of the molecule is COCCNC(=O)CCNC(=O)N1CCN(c2ccccc2Cl)CC1. The summed E-state index contributed by atoms with van der Waals surface area (Å²) in [6, 6.07) is 7.58. The number of rotatable bonds is 7. The molecule has 0 atom stereocenters. The Balaban J connectivity index is 1.67. The molecule has 0 saturated carbocycles. The molecule has 7 nitrogen and oxygen atoms in total. The van der Waals surface area contributed by atoms with Gasteiger partial charge in [0, 0.05) is 52.8 Å². The van der Waals surface area contributed by atoms with Crippen molar-refractivity contribution in [1.29, 1.82) is 0 Å². The van der Waals surface area contributed by atoms with Gasteiger partial charge in [-0.05, 0) is 12.1 Å². The normalized spacial score (nSPS) is 14.3. The number of ether oxygens (including phenoxy) is 1. The average molecular weight is 369 g/mol. The van der Waals surface area contributed by atoms with Crippen LogP contribution in [0.1, 0.15) is 6.42 Å². The molecule has 1 heterocycles. The number of anilines is 1. The van der Waals surface area contributed by atoms with Gasteiger partial charge >= 0.3 is 6.03 Å². The lowest BCUT2D eigenvalue weighted by Crippen LogP contribution is -2.52. The van der Waals surface area contributed by atoms with Crippen LogP contribution in [0, 0.1) is 0 Å². The Labute approximate surface area is 153 Å². The molecule has 2 rings (SSSR count). The zero-order valence-corrected chi connectivity index (χ0v) is 15.2. The summed E-state index contributed by atoms with van der Waals surface area (Å²) >= 11 is 6.22. The molecule has 1 aliphatic heterocycles. The third kappa shape index (κ3) is 6.10. The fraction of sp³-hybridized carbons (Fsp3) is 0.529. The number of carbonyl (C=O) groups excluding carboxylic acids is 2. The molecule has 138 valence electrons. The third-order valence-electron chi connectivity index (χ3n) is 4.02. The summed E-state index contributed by atoms with van der Waals surface area (Å²) in [4.78, 5) is 27.7. The van der Waals surface area contributed by atoms with E-state index in [1.807, 2.05) is 24.3 Å². The van der Waals surface area contributed by atoms with Crippen molar-refractivity contribution in [2.24, 2.45) is 0 Å². The molecule has 0 aliphatic carbocycles. The topological polar surface area (TPSA) is 73.9 Å². The highest BCUT2D eigenvalue weighted by atomic mass is 35.5. The number of carbonyl (C=O) groups is 2. The van der Waals surface area contributed by atoms with Crippen LogP contribution in [-0.2, 0) is 9.53 Å². The summed E-state index contributed by atoms with van der Waals surface area (Å²) in [5.74, 6) is -0.0964. The van der Waals surface area contributed by atoms with E-state index in [2.05, 4.69) is 15.5 Å². The van der Waals surface area contributed by atoms with Gasteiger partial charge in [-0.1, -0.05) is 23.7 Å². The van der Waals surface area contributed by atoms with Crippen molar-refractivity contribution in [2.75, 3.05) is 57.9 Å². The quantitative estimate of drug-likeness (QED) is 0.712. The summed E-state index contributed by atoms with van der Waals surface area (Å²) in [6.07, 6.45) is 0.259. The molecule has 1 fully saturated rings. The Hall–Kier alpha value is -1.99. The van der Waals surface area contributed by atoms with Crippen molar-refractivity contribution in [3.05, 3.63) is 29.3 Å². The van der Waals surface area contributed by atoms with Gasteiger partial charge in [0.15, 0.2) is 0 Å². The number of benzene rings is 1. The van der Waals surface area contributed by atoms with Gasteiger partial charge in [0.2, 0.25) is 5.91 Å². The molecule has 3 amide bonds. The fourth-order valence-electron chi connectivity index (χ4n) is 2.63. The molecular formula is C17H25ClN4O3. The van der Waals surface area contributed by atoms with Crippen LogP contribution in [0.25, 0.3) is 0 Å². The summed E-state index contributed by atoms with van der Waals surface area (Å²) in [5, 5.41) is 6.23. The highest BCUT2D eigenvalue weighted by Gasteiger charge is 2.22. The van der Waals surface area contributed by atoms with Crippen LogP contribution >= 0.6 is 11.6 Å². The molecule has 0 radical (unpaired) electrons. The lowest BCUT2D eigenvalue weighted by molar-refractivity contribution is -0.121. The minimum Gasteiger partial charge on any atom is -0.383 e. The average Bonchev–Trinajstić information content (AvgIpc) is 2.62. The first-order valence-corrected chi connectivity index (χ1v) is 8.77. The summed E-state index contributed by atoms with van der Waals surface area (Å²) in [7, 11) is 1.58. The van der Waals surface area contributed by atoms with Crippen LogP contribution in [0.3, 0.4) is 0 Å². The van der Waals surface area contributed by atoms with Crippen molar-refractivity contribution in [3.63, 3.8) is 0 Å². The van der Waals surface area contributed by atoms with Gasteiger partial charge in [0.25, 0.3) is 0 Å². The Morgan fingerprint density at radius 1 is 1.12 bits per heavy atom. The van der Waals surface area contributed by atoms with Gasteiger partial charge in [0.05, 0.1) is 17.3 Å². The van der Waals surface area contributed by atoms with Gasteiger partial charge in [0.1, 0.15) is 0 Å². The second-order valence-electron chi connectivity index (χ2n) is 5.75. The van der Waals surface area contributed by atoms with Crippen molar-refractivity contribution < 1.29 is 14.3 Å². The van der Waals surface area contributed by atoms with Gasteiger partial charge in [-0.15, -0.1) is 0 Å². The molecule has 0 spiro atoms. The van der Waals surface area contributed by atoms with Crippen LogP contribution in [0.4, 0.5) is 10.5 Å². The zero-order valence-electron chi connectivity index (χ0n) is 14.5. The van der Waals surface area contributed by atoms with Crippen LogP contribution in [0.2, 0.25) is 5.02 Å². The lowest BCUT2D eigenvalue weighted by atomic mass is 10.2. The number of halogens is 1. The van der Waals surface area contributed by atoms with E-state index in [4.69, 9.17) is 16.3 Å². The monoisotopic (exact) mass is 368 g/mol. The Morgan fingerprint density at radius 3 is 2.52 bits per heavy atom. The number of methoxy groups -OCH3 is 1. The number of urea groups is 1. The fourth-order valence-corrected chi connectivity index (χ4v) is 2.89. The molecule has 25 heavy (non-hydrogen) atoms. The number of piperazine rings is 1. The van der Waals surface area contributed by atoms with E-state index in [1.54, 1.807) is 12.0 Å². The van der Waals surface area contributed by atoms with E-state index in [0.29, 0.717) is 32.8 Å². The van der Waals surface area contributed by atoms with Crippen LogP contribution in [0.15, 0.2) is 24.3 Å². The maximum absolute atomic E-state index is 12.2. The van der Waals surface area contributed by atoms with E-state index in [9.17, 15) is 9.59 Å². The Bertz CT molecular complexity index is 577. The predicted molar refractivity (Wildman–Crippen MR) is 98.1 cm³/mol. The van der Waals surface area contributed by atoms with Crippen molar-refractivity contribution in [3.8, 4) is 0 Å². The molecule has 2 N–H and O–H groups in total. The molecule has 1 saturated heterocycles. The van der Waals surface area contributed by atoms with E-state index in [-0.39, 0.29) is 18.4 Å². The summed E-state index contributed by atoms with van der Waals surface area (Å²) < 4.78 is 4.86. The van der Waals surface area contributed by atoms with Gasteiger partial charge < -0.3 is 25.2 Å². The number of hydrogen-bond donors (Lipinski definition) is 2. The first-order valence-electron chi connectivity index (χ1n) is 8.39. The van der Waals surface area contributed by atoms with Gasteiger partial charge in [-0.2, -0.15) is 0 Å². The molecule has 8 heteroatoms. The van der Waals surface area contributed by atoms with E-state index in [0.717, 1.165) is 23.8 Å². The molecule has 0 aromatic heterocycles. The number of nitrogens with one attached hydrogen (secondary N) is 2. The van der Waals surface area contributed by atoms with E-state index >= 15 is 0 Å². The highest BCUT2D eigenvalue weighted by Crippen LogP contribution is 2.25. The van der Waals surface area contributed by atoms with Crippen molar-refractivity contribution >= 4 is 29.2 Å². The Morgan fingerprint density at radius 2 is 1.84 bits per heavy atom. The second-order valence-corrected chi connectivity index (χ2v) is 6.16. The largest absolute Gasteiger partial charge is 0.383 e. The third-order valence-corrected chi connectivity index (χ3v) is 4.34. The molecule has 0 bridgehead atoms. The minimum atomic E-state index is -0.136. The van der Waals surface area contributed by atoms with Crippen molar-refractivity contribution in [2.45, 2.75) is 6.42 Å². The maximum atomic E-state index is 12.2. The number of para-hydroxylation sites is 1. The van der Waals surface area contributed by atoms with Gasteiger partial charge in [-0.3, -0.25) is 4.79 Å². The van der Waals surface area contributed by atoms with Gasteiger partial charge in [-0.25, -0.2) is 4.79 Å². The zero-order chi connectivity index (χ0) is 18.1. The maximum Gasteiger partial charge on any atom is 0.317 e. The second kappa shape index (κ2) is 10.1. The van der Waals surface area contributed by atoms with E-state index in [1.165, 1.54) is 0 Å². The number of nitrogens with zero attached hydrogens (tertiary/aromatic N) is 2. The molecule has 1 aliphatic rings. The van der Waals surface area contributed by atoms with E-state index < -0.39 is 0 Å². The first kappa shape index (κ1) is 19.3. The minimum absolute atomic E-state index is 0.0964. The Kier molecular flexibility index (Phi) is 7.81. The molecule has 0 unspecified atom stereocenters. The predicted octanol–water partition coefficient (Wildman–Crippen LogP) is 1.32.